The molecule has 0 radical (unpaired) electrons. The maximum atomic E-state index is 11.9. The second-order valence-corrected chi connectivity index (χ2v) is 4.04. The molecule has 1 aliphatic heterocycles. The topological polar surface area (TPSA) is 50.4 Å². The van der Waals surface area contributed by atoms with Crippen molar-refractivity contribution < 1.29 is 18.3 Å². The molecular formula is C12H14F2N2O2. The summed E-state index contributed by atoms with van der Waals surface area (Å²) in [6.45, 7) is -1.99. The van der Waals surface area contributed by atoms with Gasteiger partial charge >= 0.3 is 6.61 Å². The van der Waals surface area contributed by atoms with Crippen LogP contribution >= 0.6 is 0 Å². The van der Waals surface area contributed by atoms with Gasteiger partial charge in [-0.1, -0.05) is 0 Å². The fraction of sp³-hybridized carbons (Fsp3) is 0.417. The Morgan fingerprint density at radius 3 is 2.67 bits per heavy atom. The Balaban J connectivity index is 1.91. The van der Waals surface area contributed by atoms with E-state index in [1.807, 2.05) is 0 Å². The number of carbonyl (C=O) groups is 1. The van der Waals surface area contributed by atoms with Gasteiger partial charge in [-0.25, -0.2) is 0 Å². The molecule has 0 aromatic heterocycles. The van der Waals surface area contributed by atoms with Crippen molar-refractivity contribution in [3.05, 3.63) is 24.3 Å². The molecule has 1 amide bonds. The van der Waals surface area contributed by atoms with Gasteiger partial charge in [-0.05, 0) is 43.7 Å². The highest BCUT2D eigenvalue weighted by Gasteiger charge is 2.21. The number of ether oxygens (including phenoxy) is 1. The van der Waals surface area contributed by atoms with Gasteiger partial charge in [-0.3, -0.25) is 4.79 Å². The summed E-state index contributed by atoms with van der Waals surface area (Å²) in [7, 11) is 0. The van der Waals surface area contributed by atoms with E-state index in [0.717, 1.165) is 19.4 Å². The van der Waals surface area contributed by atoms with Gasteiger partial charge in [0, 0.05) is 5.69 Å². The van der Waals surface area contributed by atoms with E-state index in [1.165, 1.54) is 24.3 Å². The van der Waals surface area contributed by atoms with Crippen LogP contribution in [0.4, 0.5) is 14.5 Å². The predicted octanol–water partition coefficient (Wildman–Crippen LogP) is 1.98. The lowest BCUT2D eigenvalue weighted by Gasteiger charge is -2.11. The van der Waals surface area contributed by atoms with Crippen molar-refractivity contribution in [1.82, 2.24) is 5.32 Å². The Hall–Kier alpha value is -1.69. The maximum absolute atomic E-state index is 11.9. The van der Waals surface area contributed by atoms with Crippen molar-refractivity contribution in [2.75, 3.05) is 11.9 Å². The van der Waals surface area contributed by atoms with Crippen molar-refractivity contribution in [3.8, 4) is 5.75 Å². The third-order valence-corrected chi connectivity index (χ3v) is 2.72. The normalized spacial score (nSPS) is 18.9. The second kappa shape index (κ2) is 5.77. The lowest BCUT2D eigenvalue weighted by atomic mass is 10.2. The minimum atomic E-state index is -2.84. The first kappa shape index (κ1) is 12.8. The van der Waals surface area contributed by atoms with Crippen LogP contribution in [0.1, 0.15) is 12.8 Å². The first-order valence-corrected chi connectivity index (χ1v) is 5.74. The van der Waals surface area contributed by atoms with E-state index in [-0.39, 0.29) is 17.7 Å². The monoisotopic (exact) mass is 256 g/mol. The first-order chi connectivity index (χ1) is 8.65. The standard InChI is InChI=1S/C12H14F2N2O2/c13-12(14)18-9-5-3-8(4-6-9)16-11(17)10-2-1-7-15-10/h3-6,10,12,15H,1-2,7H2,(H,16,17)/t10-/m0/s1. The Bertz CT molecular complexity index is 403. The minimum Gasteiger partial charge on any atom is -0.435 e. The number of benzene rings is 1. The van der Waals surface area contributed by atoms with Crippen LogP contribution < -0.4 is 15.4 Å². The molecule has 2 N–H and O–H groups in total. The van der Waals surface area contributed by atoms with E-state index in [1.54, 1.807) is 0 Å². The molecule has 1 saturated heterocycles. The third kappa shape index (κ3) is 3.40. The van der Waals surface area contributed by atoms with E-state index in [9.17, 15) is 13.6 Å². The van der Waals surface area contributed by atoms with Gasteiger partial charge in [0.15, 0.2) is 0 Å². The second-order valence-electron chi connectivity index (χ2n) is 4.04. The first-order valence-electron chi connectivity index (χ1n) is 5.74. The molecule has 4 nitrogen and oxygen atoms in total. The lowest BCUT2D eigenvalue weighted by Crippen LogP contribution is -2.35. The molecular weight excluding hydrogens is 242 g/mol. The molecule has 0 unspecified atom stereocenters. The summed E-state index contributed by atoms with van der Waals surface area (Å²) in [6, 6.07) is 5.69. The molecule has 98 valence electrons. The lowest BCUT2D eigenvalue weighted by molar-refractivity contribution is -0.117. The van der Waals surface area contributed by atoms with E-state index in [4.69, 9.17) is 0 Å². The number of hydrogen-bond acceptors (Lipinski definition) is 3. The number of carbonyl (C=O) groups excluding carboxylic acids is 1. The summed E-state index contributed by atoms with van der Waals surface area (Å²) in [5, 5.41) is 5.80. The number of hydrogen-bond donors (Lipinski definition) is 2. The summed E-state index contributed by atoms with van der Waals surface area (Å²) in [4.78, 5) is 11.8. The fourth-order valence-electron chi connectivity index (χ4n) is 1.86. The molecule has 0 bridgehead atoms. The smallest absolute Gasteiger partial charge is 0.387 e. The van der Waals surface area contributed by atoms with Crippen LogP contribution in [-0.4, -0.2) is 25.1 Å². The van der Waals surface area contributed by atoms with Gasteiger partial charge in [0.05, 0.1) is 6.04 Å². The van der Waals surface area contributed by atoms with E-state index < -0.39 is 6.61 Å². The molecule has 1 heterocycles. The molecule has 1 atom stereocenters. The van der Waals surface area contributed by atoms with Gasteiger partial charge in [-0.2, -0.15) is 8.78 Å². The van der Waals surface area contributed by atoms with E-state index in [0.29, 0.717) is 5.69 Å². The Kier molecular flexibility index (Phi) is 4.09. The highest BCUT2D eigenvalue weighted by molar-refractivity contribution is 5.95. The summed E-state index contributed by atoms with van der Waals surface area (Å²) >= 11 is 0. The number of halogens is 2. The molecule has 6 heteroatoms. The minimum absolute atomic E-state index is 0.0713. The van der Waals surface area contributed by atoms with Gasteiger partial charge in [-0.15, -0.1) is 0 Å². The highest BCUT2D eigenvalue weighted by atomic mass is 19.3. The third-order valence-electron chi connectivity index (χ3n) is 2.72. The average Bonchev–Trinajstić information content (AvgIpc) is 2.84. The zero-order valence-corrected chi connectivity index (χ0v) is 9.66. The predicted molar refractivity (Wildman–Crippen MR) is 62.7 cm³/mol. The molecule has 0 aliphatic carbocycles. The Morgan fingerprint density at radius 1 is 1.39 bits per heavy atom. The number of alkyl halides is 2. The molecule has 18 heavy (non-hydrogen) atoms. The Labute approximate surface area is 103 Å². The Morgan fingerprint density at radius 2 is 2.11 bits per heavy atom. The number of amides is 1. The maximum Gasteiger partial charge on any atom is 0.387 e. The molecule has 1 aliphatic rings. The zero-order valence-electron chi connectivity index (χ0n) is 9.66. The van der Waals surface area contributed by atoms with Crippen LogP contribution in [-0.2, 0) is 4.79 Å². The van der Waals surface area contributed by atoms with Crippen molar-refractivity contribution >= 4 is 11.6 Å². The molecule has 1 fully saturated rings. The van der Waals surface area contributed by atoms with E-state index in [2.05, 4.69) is 15.4 Å². The van der Waals surface area contributed by atoms with Crippen LogP contribution in [0.3, 0.4) is 0 Å². The van der Waals surface area contributed by atoms with E-state index >= 15 is 0 Å². The van der Waals surface area contributed by atoms with Crippen molar-refractivity contribution in [3.63, 3.8) is 0 Å². The molecule has 1 aromatic carbocycles. The summed E-state index contributed by atoms with van der Waals surface area (Å²) < 4.78 is 28.1. The van der Waals surface area contributed by atoms with Gasteiger partial charge in [0.1, 0.15) is 5.75 Å². The van der Waals surface area contributed by atoms with Crippen LogP contribution in [0, 0.1) is 0 Å². The molecule has 1 aromatic rings. The quantitative estimate of drug-likeness (QED) is 0.866. The van der Waals surface area contributed by atoms with Gasteiger partial charge in [0.25, 0.3) is 0 Å². The largest absolute Gasteiger partial charge is 0.435 e. The van der Waals surface area contributed by atoms with Crippen LogP contribution in [0.5, 0.6) is 5.75 Å². The van der Waals surface area contributed by atoms with Crippen molar-refractivity contribution in [2.24, 2.45) is 0 Å². The average molecular weight is 256 g/mol. The fourth-order valence-corrected chi connectivity index (χ4v) is 1.86. The molecule has 0 saturated carbocycles. The van der Waals surface area contributed by atoms with Crippen molar-refractivity contribution in [2.45, 2.75) is 25.5 Å². The van der Waals surface area contributed by atoms with Crippen LogP contribution in [0.2, 0.25) is 0 Å². The van der Waals surface area contributed by atoms with Crippen LogP contribution in [0.15, 0.2) is 24.3 Å². The summed E-state index contributed by atoms with van der Waals surface area (Å²) in [5.74, 6) is -0.0305. The SMILES string of the molecule is O=C(Nc1ccc(OC(F)F)cc1)[C@@H]1CCCN1. The zero-order chi connectivity index (χ0) is 13.0. The summed E-state index contributed by atoms with van der Waals surface area (Å²) in [6.07, 6.45) is 1.80. The highest BCUT2D eigenvalue weighted by Crippen LogP contribution is 2.18. The van der Waals surface area contributed by atoms with Crippen LogP contribution in [0.25, 0.3) is 0 Å². The number of anilines is 1. The molecule has 0 spiro atoms. The summed E-state index contributed by atoms with van der Waals surface area (Å²) in [5.41, 5.74) is 0.565. The van der Waals surface area contributed by atoms with Gasteiger partial charge in [0.2, 0.25) is 5.91 Å². The van der Waals surface area contributed by atoms with Crippen molar-refractivity contribution in [1.29, 1.82) is 0 Å². The number of rotatable bonds is 4. The molecule has 2 rings (SSSR count). The van der Waals surface area contributed by atoms with Gasteiger partial charge < -0.3 is 15.4 Å². The number of nitrogens with one attached hydrogen (secondary N) is 2.